The largest absolute Gasteiger partial charge is 0.289 e. The van der Waals surface area contributed by atoms with E-state index in [-0.39, 0.29) is 23.7 Å². The van der Waals surface area contributed by atoms with Gasteiger partial charge in [-0.2, -0.15) is 0 Å². The standard InChI is InChI=1S/C18H15N3O2/c22-18(21-23)16-14(11-5-2-1-3-6-11)15(16)12-8-10-19-13-7-4-9-20-17(12)13/h1-10,14-16,23H,(H,21,22). The Bertz CT molecular complexity index is 861. The highest BCUT2D eigenvalue weighted by Gasteiger charge is 2.56. The van der Waals surface area contributed by atoms with E-state index in [1.54, 1.807) is 17.9 Å². The van der Waals surface area contributed by atoms with E-state index in [1.807, 2.05) is 48.5 Å². The Kier molecular flexibility index (Phi) is 3.28. The summed E-state index contributed by atoms with van der Waals surface area (Å²) in [6.07, 6.45) is 3.47. The summed E-state index contributed by atoms with van der Waals surface area (Å²) >= 11 is 0. The summed E-state index contributed by atoms with van der Waals surface area (Å²) in [6.45, 7) is 0. The molecule has 1 fully saturated rings. The lowest BCUT2D eigenvalue weighted by molar-refractivity contribution is -0.130. The predicted molar refractivity (Wildman–Crippen MR) is 84.9 cm³/mol. The zero-order valence-electron chi connectivity index (χ0n) is 12.3. The van der Waals surface area contributed by atoms with Gasteiger partial charge >= 0.3 is 0 Å². The Morgan fingerprint density at radius 3 is 2.57 bits per heavy atom. The lowest BCUT2D eigenvalue weighted by atomic mass is 10.0. The number of aromatic nitrogens is 2. The highest BCUT2D eigenvalue weighted by Crippen LogP contribution is 2.61. The van der Waals surface area contributed by atoms with Gasteiger partial charge in [-0.15, -0.1) is 0 Å². The van der Waals surface area contributed by atoms with E-state index in [2.05, 4.69) is 9.97 Å². The van der Waals surface area contributed by atoms with Crippen molar-refractivity contribution >= 4 is 16.9 Å². The first-order valence-corrected chi connectivity index (χ1v) is 7.50. The van der Waals surface area contributed by atoms with Gasteiger partial charge in [0.15, 0.2) is 0 Å². The van der Waals surface area contributed by atoms with Crippen molar-refractivity contribution in [2.45, 2.75) is 11.8 Å². The number of pyridine rings is 2. The Morgan fingerprint density at radius 2 is 1.78 bits per heavy atom. The number of fused-ring (bicyclic) bond motifs is 1. The van der Waals surface area contributed by atoms with Gasteiger partial charge in [0.05, 0.1) is 17.0 Å². The molecule has 2 heterocycles. The van der Waals surface area contributed by atoms with Gasteiger partial charge in [0.2, 0.25) is 5.91 Å². The van der Waals surface area contributed by atoms with Gasteiger partial charge in [0, 0.05) is 24.2 Å². The Balaban J connectivity index is 1.81. The lowest BCUT2D eigenvalue weighted by Gasteiger charge is -2.04. The normalized spacial score (nSPS) is 22.7. The molecule has 1 aliphatic rings. The molecule has 2 aromatic heterocycles. The summed E-state index contributed by atoms with van der Waals surface area (Å²) in [5.41, 5.74) is 5.51. The van der Waals surface area contributed by atoms with Crippen LogP contribution in [0.4, 0.5) is 0 Å². The average molecular weight is 305 g/mol. The third-order valence-corrected chi connectivity index (χ3v) is 4.50. The molecule has 3 atom stereocenters. The van der Waals surface area contributed by atoms with E-state index in [4.69, 9.17) is 5.21 Å². The van der Waals surface area contributed by atoms with Crippen molar-refractivity contribution in [3.8, 4) is 0 Å². The SMILES string of the molecule is O=C(NO)C1C(c2ccccc2)C1c1ccnc2cccnc12. The van der Waals surface area contributed by atoms with Crippen LogP contribution in [0.5, 0.6) is 0 Å². The zero-order chi connectivity index (χ0) is 15.8. The quantitative estimate of drug-likeness (QED) is 0.576. The van der Waals surface area contributed by atoms with Crippen molar-refractivity contribution in [2.24, 2.45) is 5.92 Å². The van der Waals surface area contributed by atoms with Crippen LogP contribution in [0, 0.1) is 5.92 Å². The Labute approximate surface area is 133 Å². The van der Waals surface area contributed by atoms with Crippen molar-refractivity contribution < 1.29 is 10.0 Å². The number of amides is 1. The lowest BCUT2D eigenvalue weighted by Crippen LogP contribution is -2.21. The summed E-state index contributed by atoms with van der Waals surface area (Å²) in [5.74, 6) is -0.624. The van der Waals surface area contributed by atoms with E-state index in [9.17, 15) is 4.79 Å². The molecule has 114 valence electrons. The molecule has 1 saturated carbocycles. The van der Waals surface area contributed by atoms with Gasteiger partial charge in [-0.3, -0.25) is 20.0 Å². The van der Waals surface area contributed by atoms with Gasteiger partial charge < -0.3 is 0 Å². The maximum atomic E-state index is 12.1. The van der Waals surface area contributed by atoms with Crippen LogP contribution in [0.15, 0.2) is 60.9 Å². The second kappa shape index (κ2) is 5.44. The number of hydrogen-bond donors (Lipinski definition) is 2. The average Bonchev–Trinajstić information content (AvgIpc) is 3.36. The van der Waals surface area contributed by atoms with Gasteiger partial charge in [-0.05, 0) is 29.3 Å². The monoisotopic (exact) mass is 305 g/mol. The zero-order valence-corrected chi connectivity index (χ0v) is 12.3. The Hall–Kier alpha value is -2.79. The number of carbonyl (C=O) groups excluding carboxylic acids is 1. The van der Waals surface area contributed by atoms with Gasteiger partial charge in [-0.25, -0.2) is 5.48 Å². The molecular weight excluding hydrogens is 290 g/mol. The molecule has 23 heavy (non-hydrogen) atoms. The molecule has 1 aromatic carbocycles. The molecule has 0 bridgehead atoms. The molecule has 5 heteroatoms. The molecule has 1 aliphatic carbocycles. The van der Waals surface area contributed by atoms with Crippen LogP contribution in [0.25, 0.3) is 11.0 Å². The molecule has 0 radical (unpaired) electrons. The van der Waals surface area contributed by atoms with Gasteiger partial charge in [-0.1, -0.05) is 30.3 Å². The molecule has 0 aliphatic heterocycles. The summed E-state index contributed by atoms with van der Waals surface area (Å²) in [5, 5.41) is 9.06. The minimum absolute atomic E-state index is 0.00931. The van der Waals surface area contributed by atoms with Crippen molar-refractivity contribution in [2.75, 3.05) is 0 Å². The molecule has 0 spiro atoms. The first-order chi connectivity index (χ1) is 11.3. The van der Waals surface area contributed by atoms with E-state index in [0.29, 0.717) is 0 Å². The van der Waals surface area contributed by atoms with Crippen LogP contribution in [0.2, 0.25) is 0 Å². The first-order valence-electron chi connectivity index (χ1n) is 7.50. The van der Waals surface area contributed by atoms with E-state index >= 15 is 0 Å². The van der Waals surface area contributed by atoms with Gasteiger partial charge in [0.25, 0.3) is 0 Å². The highest BCUT2D eigenvalue weighted by molar-refractivity contribution is 5.87. The fourth-order valence-electron chi connectivity index (χ4n) is 3.46. The topological polar surface area (TPSA) is 75.1 Å². The fraction of sp³-hybridized carbons (Fsp3) is 0.167. The van der Waals surface area contributed by atoms with Crippen LogP contribution < -0.4 is 5.48 Å². The molecule has 2 N–H and O–H groups in total. The summed E-state index contributed by atoms with van der Waals surface area (Å²) in [4.78, 5) is 20.8. The summed E-state index contributed by atoms with van der Waals surface area (Å²) < 4.78 is 0. The molecular formula is C18H15N3O2. The highest BCUT2D eigenvalue weighted by atomic mass is 16.5. The molecule has 3 aromatic rings. The number of hydrogen-bond acceptors (Lipinski definition) is 4. The second-order valence-electron chi connectivity index (χ2n) is 5.74. The maximum absolute atomic E-state index is 12.1. The van der Waals surface area contributed by atoms with Crippen LogP contribution in [-0.2, 0) is 4.79 Å². The third kappa shape index (κ3) is 2.26. The maximum Gasteiger partial charge on any atom is 0.247 e. The summed E-state index contributed by atoms with van der Waals surface area (Å²) in [6, 6.07) is 15.6. The van der Waals surface area contributed by atoms with Crippen molar-refractivity contribution in [3.05, 3.63) is 72.1 Å². The van der Waals surface area contributed by atoms with Crippen molar-refractivity contribution in [1.82, 2.24) is 15.4 Å². The minimum Gasteiger partial charge on any atom is -0.289 e. The first kappa shape index (κ1) is 13.8. The number of rotatable bonds is 3. The molecule has 0 saturated heterocycles. The van der Waals surface area contributed by atoms with E-state index in [1.165, 1.54) is 0 Å². The summed E-state index contributed by atoms with van der Waals surface area (Å²) in [7, 11) is 0. The number of nitrogens with zero attached hydrogens (tertiary/aromatic N) is 2. The van der Waals surface area contributed by atoms with Crippen molar-refractivity contribution in [1.29, 1.82) is 0 Å². The number of nitrogens with one attached hydrogen (secondary N) is 1. The second-order valence-corrected chi connectivity index (χ2v) is 5.74. The Morgan fingerprint density at radius 1 is 0.957 bits per heavy atom. The van der Waals surface area contributed by atoms with E-state index in [0.717, 1.165) is 22.2 Å². The van der Waals surface area contributed by atoms with Crippen molar-refractivity contribution in [3.63, 3.8) is 0 Å². The molecule has 4 rings (SSSR count). The predicted octanol–water partition coefficient (Wildman–Crippen LogP) is 2.63. The van der Waals surface area contributed by atoms with E-state index < -0.39 is 0 Å². The smallest absolute Gasteiger partial charge is 0.247 e. The van der Waals surface area contributed by atoms with Crippen LogP contribution >= 0.6 is 0 Å². The molecule has 5 nitrogen and oxygen atoms in total. The molecule has 3 unspecified atom stereocenters. The van der Waals surface area contributed by atoms with Crippen LogP contribution in [0.1, 0.15) is 23.0 Å². The number of carbonyl (C=O) groups is 1. The van der Waals surface area contributed by atoms with Crippen LogP contribution in [0.3, 0.4) is 0 Å². The molecule has 1 amide bonds. The number of benzene rings is 1. The third-order valence-electron chi connectivity index (χ3n) is 4.50. The van der Waals surface area contributed by atoms with Gasteiger partial charge in [0.1, 0.15) is 0 Å². The minimum atomic E-state index is -0.357. The number of hydroxylamine groups is 1. The van der Waals surface area contributed by atoms with Crippen LogP contribution in [-0.4, -0.2) is 21.1 Å². The fourth-order valence-corrected chi connectivity index (χ4v) is 3.46.